The summed E-state index contributed by atoms with van der Waals surface area (Å²) >= 11 is 0. The van der Waals surface area contributed by atoms with Crippen molar-refractivity contribution in [3.05, 3.63) is 23.3 Å². The zero-order valence-corrected chi connectivity index (χ0v) is 21.2. The van der Waals surface area contributed by atoms with E-state index >= 15 is 0 Å². The van der Waals surface area contributed by atoms with Gasteiger partial charge in [-0.15, -0.1) is 0 Å². The van der Waals surface area contributed by atoms with Crippen LogP contribution >= 0.6 is 0 Å². The van der Waals surface area contributed by atoms with Crippen LogP contribution in [0.1, 0.15) is 72.6 Å². The molecule has 0 saturated heterocycles. The molecule has 0 fully saturated rings. The Balaban J connectivity index is 0. The molecule has 0 amide bonds. The molecule has 0 aliphatic rings. The summed E-state index contributed by atoms with van der Waals surface area (Å²) in [4.78, 5) is 24.1. The normalized spacial score (nSPS) is 13.4. The summed E-state index contributed by atoms with van der Waals surface area (Å²) in [6.07, 6.45) is 7.86. The minimum absolute atomic E-state index is 0. The Morgan fingerprint density at radius 3 is 1.72 bits per heavy atom. The van der Waals surface area contributed by atoms with Crippen molar-refractivity contribution < 1.29 is 61.6 Å². The third-order valence-electron chi connectivity index (χ3n) is 4.13. The van der Waals surface area contributed by atoms with Gasteiger partial charge in [-0.3, -0.25) is 9.59 Å². The van der Waals surface area contributed by atoms with Crippen molar-refractivity contribution in [3.63, 3.8) is 0 Å². The first kappa shape index (κ1) is 30.5. The van der Waals surface area contributed by atoms with Crippen LogP contribution in [0.4, 0.5) is 0 Å². The maximum Gasteiger partial charge on any atom is 1.00 e. The van der Waals surface area contributed by atoms with Gasteiger partial charge < -0.3 is 14.0 Å². The topological polar surface area (TPSA) is 110 Å². The van der Waals surface area contributed by atoms with Crippen molar-refractivity contribution in [1.29, 1.82) is 0 Å². The molecule has 0 aromatic carbocycles. The van der Waals surface area contributed by atoms with Gasteiger partial charge in [-0.25, -0.2) is 8.42 Å². The first-order valence-electron chi connectivity index (χ1n) is 9.82. The molecule has 0 aromatic rings. The number of allylic oxidation sites excluding steroid dienone is 2. The number of hydrogen-bond acceptors (Lipinski definition) is 7. The van der Waals surface area contributed by atoms with Crippen LogP contribution in [0.5, 0.6) is 0 Å². The van der Waals surface area contributed by atoms with Crippen molar-refractivity contribution in [2.45, 2.75) is 77.9 Å². The van der Waals surface area contributed by atoms with Crippen LogP contribution in [-0.2, 0) is 29.2 Å². The van der Waals surface area contributed by atoms with Gasteiger partial charge in [0.25, 0.3) is 0 Å². The Morgan fingerprint density at radius 1 is 0.897 bits per heavy atom. The van der Waals surface area contributed by atoms with Gasteiger partial charge in [-0.05, 0) is 36.8 Å². The molecule has 9 heteroatoms. The summed E-state index contributed by atoms with van der Waals surface area (Å²) in [5.41, 5.74) is 1.72. The third kappa shape index (κ3) is 14.0. The summed E-state index contributed by atoms with van der Waals surface area (Å²) in [5.74, 6) is -2.14. The Morgan fingerprint density at radius 2 is 1.34 bits per heavy atom. The maximum atomic E-state index is 12.1. The summed E-state index contributed by atoms with van der Waals surface area (Å²) in [7, 11) is -5.05. The second-order valence-corrected chi connectivity index (χ2v) is 8.02. The smallest absolute Gasteiger partial charge is 0.747 e. The van der Waals surface area contributed by atoms with E-state index in [1.807, 2.05) is 39.8 Å². The van der Waals surface area contributed by atoms with Gasteiger partial charge in [0.05, 0.1) is 6.42 Å². The van der Waals surface area contributed by atoms with E-state index in [4.69, 9.17) is 9.47 Å². The van der Waals surface area contributed by atoms with Crippen LogP contribution in [0, 0.1) is 0 Å². The van der Waals surface area contributed by atoms with Crippen LogP contribution in [0.2, 0.25) is 0 Å². The number of carbonyl (C=O) groups is 2. The number of carbonyl (C=O) groups excluding carboxylic acids is 2. The molecule has 0 saturated carbocycles. The molecule has 0 aromatic heterocycles. The fraction of sp³-hybridized carbons (Fsp3) is 0.700. The molecule has 0 radical (unpaired) electrons. The summed E-state index contributed by atoms with van der Waals surface area (Å²) < 4.78 is 44.3. The maximum absolute atomic E-state index is 12.1. The first-order valence-corrected chi connectivity index (χ1v) is 11.3. The second kappa shape index (κ2) is 17.1. The number of hydrogen-bond donors (Lipinski definition) is 0. The fourth-order valence-corrected chi connectivity index (χ4v) is 2.90. The van der Waals surface area contributed by atoms with Crippen LogP contribution < -0.4 is 29.6 Å². The van der Waals surface area contributed by atoms with Crippen LogP contribution in [-0.4, -0.2) is 43.4 Å². The van der Waals surface area contributed by atoms with Crippen molar-refractivity contribution in [2.24, 2.45) is 0 Å². The Bertz CT molecular complexity index is 654. The number of ether oxygens (including phenoxy) is 2. The van der Waals surface area contributed by atoms with Crippen LogP contribution in [0.15, 0.2) is 23.3 Å². The molecule has 0 aliphatic heterocycles. The molecular weight excluding hydrogens is 407 g/mol. The summed E-state index contributed by atoms with van der Waals surface area (Å²) in [5, 5.41) is -2.10. The predicted molar refractivity (Wildman–Crippen MR) is 107 cm³/mol. The Labute approximate surface area is 197 Å². The van der Waals surface area contributed by atoms with E-state index < -0.39 is 33.7 Å². The van der Waals surface area contributed by atoms with Gasteiger partial charge in [-0.2, -0.15) is 0 Å². The molecule has 0 spiro atoms. The van der Waals surface area contributed by atoms with Crippen molar-refractivity contribution in [2.75, 3.05) is 13.2 Å². The second-order valence-electron chi connectivity index (χ2n) is 6.46. The molecule has 162 valence electrons. The molecule has 7 nitrogen and oxygen atoms in total. The molecule has 0 aliphatic carbocycles. The van der Waals surface area contributed by atoms with E-state index in [1.54, 1.807) is 0 Å². The summed E-state index contributed by atoms with van der Waals surface area (Å²) in [6, 6.07) is 0. The zero-order chi connectivity index (χ0) is 21.6. The molecule has 0 heterocycles. The first-order chi connectivity index (χ1) is 13.2. The quantitative estimate of drug-likeness (QED) is 0.169. The molecule has 1 unspecified atom stereocenters. The van der Waals surface area contributed by atoms with Gasteiger partial charge in [0.2, 0.25) is 0 Å². The van der Waals surface area contributed by atoms with Gasteiger partial charge in [0.1, 0.15) is 23.3 Å². The van der Waals surface area contributed by atoms with E-state index in [2.05, 4.69) is 0 Å². The van der Waals surface area contributed by atoms with Crippen molar-refractivity contribution >= 4 is 22.1 Å². The molecule has 1 atom stereocenters. The van der Waals surface area contributed by atoms with E-state index in [9.17, 15) is 22.6 Å². The Hall–Kier alpha value is -0.670. The Kier molecular flexibility index (Phi) is 18.0. The summed E-state index contributed by atoms with van der Waals surface area (Å²) in [6.45, 7) is 7.72. The van der Waals surface area contributed by atoms with Crippen molar-refractivity contribution in [1.82, 2.24) is 0 Å². The number of unbranched alkanes of at least 4 members (excludes halogenated alkanes) is 2. The molecule has 0 N–H and O–H groups in total. The predicted octanol–water partition coefficient (Wildman–Crippen LogP) is 0.654. The molecule has 0 bridgehead atoms. The largest absolute Gasteiger partial charge is 1.00 e. The molecule has 29 heavy (non-hydrogen) atoms. The molecule has 0 rings (SSSR count). The number of rotatable bonds is 14. The minimum Gasteiger partial charge on any atom is -0.747 e. The minimum atomic E-state index is -5.05. The van der Waals surface area contributed by atoms with Gasteiger partial charge in [0, 0.05) is 0 Å². The van der Waals surface area contributed by atoms with E-state index in [1.165, 1.54) is 0 Å². The van der Waals surface area contributed by atoms with Gasteiger partial charge in [0.15, 0.2) is 5.25 Å². The van der Waals surface area contributed by atoms with E-state index in [-0.39, 0.29) is 42.8 Å². The average molecular weight is 441 g/mol. The monoisotopic (exact) mass is 440 g/mol. The van der Waals surface area contributed by atoms with Crippen LogP contribution in [0.3, 0.4) is 0 Å². The SMILES string of the molecule is CCC/C=C(\CC)COC(=O)CC(C(=O)OC/C(=C/CCC)CC)S(=O)(=O)[O-].[Na+]. The van der Waals surface area contributed by atoms with E-state index in [0.717, 1.165) is 36.8 Å². The van der Waals surface area contributed by atoms with Crippen molar-refractivity contribution in [3.8, 4) is 0 Å². The zero-order valence-electron chi connectivity index (χ0n) is 18.4. The third-order valence-corrected chi connectivity index (χ3v) is 5.19. The molecular formula is C20H33NaO7S. The fourth-order valence-electron chi connectivity index (χ4n) is 2.25. The number of esters is 2. The van der Waals surface area contributed by atoms with Gasteiger partial charge in [-0.1, -0.05) is 52.7 Å². The van der Waals surface area contributed by atoms with Crippen LogP contribution in [0.25, 0.3) is 0 Å². The van der Waals surface area contributed by atoms with Gasteiger partial charge >= 0.3 is 41.5 Å². The standard InChI is InChI=1S/C20H34O7S.Na/c1-5-9-11-16(7-3)14-26-19(21)13-18(28(23,24)25)20(22)27-15-17(8-4)12-10-6-2;/h11-12,18H,5-10,13-15H2,1-4H3,(H,23,24,25);/q;+1/p-1/b16-11+,17-12+;. The van der Waals surface area contributed by atoms with E-state index in [0.29, 0.717) is 12.8 Å². The average Bonchev–Trinajstić information content (AvgIpc) is 2.65.